The number of ether oxygens (including phenoxy) is 1. The number of carbonyl (C=O) groups excluding carboxylic acids is 1. The van der Waals surface area contributed by atoms with Gasteiger partial charge in [-0.1, -0.05) is 13.3 Å². The zero-order valence-corrected chi connectivity index (χ0v) is 12.0. The summed E-state index contributed by atoms with van der Waals surface area (Å²) in [5, 5.41) is 0. The van der Waals surface area contributed by atoms with Crippen LogP contribution in [0.2, 0.25) is 0 Å². The van der Waals surface area contributed by atoms with Crippen molar-refractivity contribution in [3.63, 3.8) is 0 Å². The number of hydrogen-bond donors (Lipinski definition) is 1. The van der Waals surface area contributed by atoms with Gasteiger partial charge in [0.25, 0.3) is 0 Å². The van der Waals surface area contributed by atoms with Crippen molar-refractivity contribution in [2.75, 3.05) is 12.9 Å². The average Bonchev–Trinajstić information content (AvgIpc) is 2.36. The molecule has 0 aromatic heterocycles. The molecule has 0 unspecified atom stereocenters. The van der Waals surface area contributed by atoms with E-state index in [1.165, 1.54) is 7.11 Å². The Morgan fingerprint density at radius 2 is 1.89 bits per heavy atom. The van der Waals surface area contributed by atoms with Crippen molar-refractivity contribution in [1.82, 2.24) is 4.72 Å². The summed E-state index contributed by atoms with van der Waals surface area (Å²) in [6.45, 7) is 1.97. The lowest BCUT2D eigenvalue weighted by atomic mass is 9.86. The summed E-state index contributed by atoms with van der Waals surface area (Å²) in [4.78, 5) is 11.3. The Morgan fingerprint density at radius 3 is 2.39 bits per heavy atom. The largest absolute Gasteiger partial charge is 0.469 e. The van der Waals surface area contributed by atoms with Gasteiger partial charge >= 0.3 is 5.97 Å². The predicted octanol–water partition coefficient (Wildman–Crippen LogP) is 1.44. The molecule has 1 fully saturated rings. The third-order valence-corrected chi connectivity index (χ3v) is 4.89. The molecule has 0 spiro atoms. The fourth-order valence-electron chi connectivity index (χ4n) is 2.26. The van der Waals surface area contributed by atoms with Crippen LogP contribution in [-0.4, -0.2) is 33.3 Å². The molecular weight excluding hydrogens is 254 g/mol. The summed E-state index contributed by atoms with van der Waals surface area (Å²) in [5.41, 5.74) is 0. The fourth-order valence-corrected chi connectivity index (χ4v) is 3.79. The van der Waals surface area contributed by atoms with Crippen LogP contribution in [0.5, 0.6) is 0 Å². The molecule has 0 heterocycles. The lowest BCUT2D eigenvalue weighted by Gasteiger charge is -2.27. The van der Waals surface area contributed by atoms with Crippen LogP contribution in [0.1, 0.15) is 45.4 Å². The Labute approximate surface area is 109 Å². The Bertz CT molecular complexity index is 358. The van der Waals surface area contributed by atoms with Gasteiger partial charge < -0.3 is 4.74 Å². The van der Waals surface area contributed by atoms with Crippen LogP contribution >= 0.6 is 0 Å². The number of rotatable bonds is 6. The zero-order chi connectivity index (χ0) is 13.6. The van der Waals surface area contributed by atoms with Crippen LogP contribution in [0.25, 0.3) is 0 Å². The van der Waals surface area contributed by atoms with E-state index >= 15 is 0 Å². The molecule has 0 aliphatic heterocycles. The number of sulfonamides is 1. The van der Waals surface area contributed by atoms with Crippen LogP contribution < -0.4 is 4.72 Å². The smallest absolute Gasteiger partial charge is 0.308 e. The van der Waals surface area contributed by atoms with Crippen molar-refractivity contribution in [3.8, 4) is 0 Å². The van der Waals surface area contributed by atoms with Crippen molar-refractivity contribution in [2.24, 2.45) is 5.92 Å². The van der Waals surface area contributed by atoms with Crippen molar-refractivity contribution < 1.29 is 17.9 Å². The van der Waals surface area contributed by atoms with Gasteiger partial charge in [-0.05, 0) is 32.1 Å². The molecule has 1 aliphatic carbocycles. The topological polar surface area (TPSA) is 72.5 Å². The van der Waals surface area contributed by atoms with Crippen molar-refractivity contribution in [1.29, 1.82) is 0 Å². The molecule has 0 aromatic carbocycles. The second-order valence-electron chi connectivity index (χ2n) is 4.86. The molecule has 5 nitrogen and oxygen atoms in total. The lowest BCUT2D eigenvalue weighted by molar-refractivity contribution is -0.146. The van der Waals surface area contributed by atoms with E-state index in [-0.39, 0.29) is 23.7 Å². The number of carbonyl (C=O) groups is 1. The number of esters is 1. The van der Waals surface area contributed by atoms with Crippen LogP contribution in [0.4, 0.5) is 0 Å². The second-order valence-corrected chi connectivity index (χ2v) is 6.74. The first kappa shape index (κ1) is 15.4. The summed E-state index contributed by atoms with van der Waals surface area (Å²) in [7, 11) is -1.76. The number of hydrogen-bond acceptors (Lipinski definition) is 4. The minimum absolute atomic E-state index is 0.0206. The highest BCUT2D eigenvalue weighted by Gasteiger charge is 2.28. The Hall–Kier alpha value is -0.620. The number of nitrogens with one attached hydrogen (secondary N) is 1. The van der Waals surface area contributed by atoms with Gasteiger partial charge in [-0.3, -0.25) is 4.79 Å². The van der Waals surface area contributed by atoms with Crippen LogP contribution in [0.3, 0.4) is 0 Å². The molecule has 0 radical (unpaired) electrons. The molecule has 0 aromatic rings. The second kappa shape index (κ2) is 7.09. The van der Waals surface area contributed by atoms with E-state index in [2.05, 4.69) is 4.72 Å². The monoisotopic (exact) mass is 277 g/mol. The maximum atomic E-state index is 11.7. The first-order chi connectivity index (χ1) is 8.48. The molecule has 0 saturated heterocycles. The van der Waals surface area contributed by atoms with Crippen molar-refractivity contribution in [3.05, 3.63) is 0 Å². The molecular formula is C12H23NO4S. The highest BCUT2D eigenvalue weighted by molar-refractivity contribution is 7.89. The van der Waals surface area contributed by atoms with Gasteiger partial charge in [-0.25, -0.2) is 13.1 Å². The van der Waals surface area contributed by atoms with E-state index in [1.807, 2.05) is 6.92 Å². The molecule has 0 amide bonds. The van der Waals surface area contributed by atoms with Gasteiger partial charge in [0.05, 0.1) is 18.8 Å². The summed E-state index contributed by atoms with van der Waals surface area (Å²) in [5.74, 6) is -0.0471. The molecule has 18 heavy (non-hydrogen) atoms. The molecule has 106 valence electrons. The van der Waals surface area contributed by atoms with Crippen LogP contribution in [-0.2, 0) is 19.6 Å². The standard InChI is InChI=1S/C12H23NO4S/c1-3-4-9-18(15,16)13-11-7-5-10(6-8-11)12(14)17-2/h10-11,13H,3-9H2,1-2H3. The van der Waals surface area contributed by atoms with Gasteiger partial charge in [0.2, 0.25) is 10.0 Å². The fraction of sp³-hybridized carbons (Fsp3) is 0.917. The SMILES string of the molecule is CCCCS(=O)(=O)NC1CCC(C(=O)OC)CC1. The summed E-state index contributed by atoms with van der Waals surface area (Å²) >= 11 is 0. The molecule has 1 aliphatic rings. The van der Waals surface area contributed by atoms with Crippen LogP contribution in [0, 0.1) is 5.92 Å². The van der Waals surface area contributed by atoms with E-state index in [1.54, 1.807) is 0 Å². The highest BCUT2D eigenvalue weighted by Crippen LogP contribution is 2.25. The van der Waals surface area contributed by atoms with Crippen molar-refractivity contribution in [2.45, 2.75) is 51.5 Å². The summed E-state index contributed by atoms with van der Waals surface area (Å²) in [6, 6.07) is -0.0206. The Kier molecular flexibility index (Phi) is 6.08. The van der Waals surface area contributed by atoms with E-state index in [9.17, 15) is 13.2 Å². The minimum atomic E-state index is -3.15. The van der Waals surface area contributed by atoms with E-state index in [0.717, 1.165) is 6.42 Å². The molecule has 6 heteroatoms. The van der Waals surface area contributed by atoms with Gasteiger partial charge in [0.1, 0.15) is 0 Å². The van der Waals surface area contributed by atoms with Gasteiger partial charge in [0, 0.05) is 6.04 Å². The maximum Gasteiger partial charge on any atom is 0.308 e. The lowest BCUT2D eigenvalue weighted by Crippen LogP contribution is -2.39. The van der Waals surface area contributed by atoms with E-state index in [4.69, 9.17) is 4.74 Å². The first-order valence-electron chi connectivity index (χ1n) is 6.56. The predicted molar refractivity (Wildman–Crippen MR) is 69.6 cm³/mol. The average molecular weight is 277 g/mol. The maximum absolute atomic E-state index is 11.7. The van der Waals surface area contributed by atoms with E-state index < -0.39 is 10.0 Å². The summed E-state index contributed by atoms with van der Waals surface area (Å²) in [6.07, 6.45) is 4.39. The highest BCUT2D eigenvalue weighted by atomic mass is 32.2. The third-order valence-electron chi connectivity index (χ3n) is 3.37. The van der Waals surface area contributed by atoms with Crippen LogP contribution in [0.15, 0.2) is 0 Å². The minimum Gasteiger partial charge on any atom is -0.469 e. The normalized spacial score (nSPS) is 24.8. The molecule has 0 atom stereocenters. The Morgan fingerprint density at radius 1 is 1.28 bits per heavy atom. The molecule has 0 bridgehead atoms. The van der Waals surface area contributed by atoms with Gasteiger partial charge in [-0.15, -0.1) is 0 Å². The summed E-state index contributed by atoms with van der Waals surface area (Å²) < 4.78 is 30.9. The number of unbranched alkanes of at least 4 members (excludes halogenated alkanes) is 1. The Balaban J connectivity index is 2.37. The van der Waals surface area contributed by atoms with Crippen molar-refractivity contribution >= 4 is 16.0 Å². The van der Waals surface area contributed by atoms with Gasteiger partial charge in [0.15, 0.2) is 0 Å². The third kappa shape index (κ3) is 4.94. The quantitative estimate of drug-likeness (QED) is 0.746. The number of methoxy groups -OCH3 is 1. The van der Waals surface area contributed by atoms with E-state index in [0.29, 0.717) is 32.1 Å². The molecule has 1 N–H and O–H groups in total. The molecule has 1 saturated carbocycles. The van der Waals surface area contributed by atoms with Gasteiger partial charge in [-0.2, -0.15) is 0 Å². The zero-order valence-electron chi connectivity index (χ0n) is 11.1. The molecule has 1 rings (SSSR count). The first-order valence-corrected chi connectivity index (χ1v) is 8.21.